The number of rotatable bonds is 4. The van der Waals surface area contributed by atoms with Crippen molar-refractivity contribution in [3.63, 3.8) is 0 Å². The lowest BCUT2D eigenvalue weighted by Gasteiger charge is -2.27. The molecule has 8 heteroatoms. The highest BCUT2D eigenvalue weighted by atomic mass is 16.5. The molecular weight excluding hydrogens is 370 g/mol. The van der Waals surface area contributed by atoms with Crippen LogP contribution in [0, 0.1) is 13.8 Å². The minimum Gasteiger partial charge on any atom is -0.447 e. The van der Waals surface area contributed by atoms with Crippen molar-refractivity contribution in [1.29, 1.82) is 0 Å². The molecule has 150 valence electrons. The summed E-state index contributed by atoms with van der Waals surface area (Å²) < 4.78 is 6.79. The molecule has 0 unspecified atom stereocenters. The highest BCUT2D eigenvalue weighted by Crippen LogP contribution is 2.29. The number of hydrogen-bond donors (Lipinski definition) is 1. The number of aryl methyl sites for hydroxylation is 3. The van der Waals surface area contributed by atoms with Crippen molar-refractivity contribution in [3.05, 3.63) is 58.7 Å². The van der Waals surface area contributed by atoms with E-state index < -0.39 is 12.1 Å². The second-order valence-corrected chi connectivity index (χ2v) is 7.39. The van der Waals surface area contributed by atoms with Gasteiger partial charge in [0.05, 0.1) is 6.04 Å². The second kappa shape index (κ2) is 7.62. The molecule has 1 aliphatic rings. The summed E-state index contributed by atoms with van der Waals surface area (Å²) in [6.45, 7) is 5.24. The molecule has 0 bridgehead atoms. The third kappa shape index (κ3) is 3.83. The SMILES string of the molecule is Cc1cc(C)n2nc(C(=O)O[C@@H](C)C(=O)N[C@H]3CCCc4ccccc43)nc2n1. The van der Waals surface area contributed by atoms with Gasteiger partial charge in [0.1, 0.15) is 0 Å². The van der Waals surface area contributed by atoms with Gasteiger partial charge in [0.15, 0.2) is 6.10 Å². The molecule has 1 amide bonds. The first-order chi connectivity index (χ1) is 13.9. The van der Waals surface area contributed by atoms with E-state index in [2.05, 4.69) is 26.4 Å². The summed E-state index contributed by atoms with van der Waals surface area (Å²) in [5, 5.41) is 7.15. The summed E-state index contributed by atoms with van der Waals surface area (Å²) in [6.07, 6.45) is 1.92. The van der Waals surface area contributed by atoms with Crippen LogP contribution in [0.4, 0.5) is 0 Å². The maximum atomic E-state index is 12.6. The van der Waals surface area contributed by atoms with Crippen LogP contribution in [0.1, 0.15) is 58.9 Å². The zero-order valence-electron chi connectivity index (χ0n) is 16.7. The first kappa shape index (κ1) is 19.0. The number of esters is 1. The molecule has 3 aromatic rings. The van der Waals surface area contributed by atoms with Crippen LogP contribution in [0.2, 0.25) is 0 Å². The molecule has 1 aromatic carbocycles. The van der Waals surface area contributed by atoms with Gasteiger partial charge in [-0.15, -0.1) is 5.10 Å². The van der Waals surface area contributed by atoms with Crippen molar-refractivity contribution in [1.82, 2.24) is 24.9 Å². The van der Waals surface area contributed by atoms with E-state index in [1.807, 2.05) is 38.1 Å². The van der Waals surface area contributed by atoms with Gasteiger partial charge in [0.2, 0.25) is 0 Å². The third-order valence-electron chi connectivity index (χ3n) is 5.14. The van der Waals surface area contributed by atoms with Gasteiger partial charge in [-0.25, -0.2) is 14.3 Å². The molecular formula is C21H23N5O3. The predicted molar refractivity (Wildman–Crippen MR) is 105 cm³/mol. The Bertz CT molecular complexity index is 1090. The van der Waals surface area contributed by atoms with Gasteiger partial charge in [0, 0.05) is 11.4 Å². The molecule has 0 spiro atoms. The lowest BCUT2D eigenvalue weighted by atomic mass is 9.87. The standard InChI is InChI=1S/C21H23N5O3/c1-12-11-13(2)26-21(22-12)24-18(25-26)20(28)29-14(3)19(27)23-17-10-6-8-15-7-4-5-9-16(15)17/h4-5,7,9,11,14,17H,6,8,10H2,1-3H3,(H,23,27)/t14-,17-/m0/s1. The van der Waals surface area contributed by atoms with Crippen molar-refractivity contribution in [3.8, 4) is 0 Å². The lowest BCUT2D eigenvalue weighted by molar-refractivity contribution is -0.130. The molecule has 2 heterocycles. The minimum atomic E-state index is -0.959. The zero-order valence-corrected chi connectivity index (χ0v) is 16.7. The smallest absolute Gasteiger partial charge is 0.379 e. The highest BCUT2D eigenvalue weighted by Gasteiger charge is 2.27. The molecule has 2 aromatic heterocycles. The summed E-state index contributed by atoms with van der Waals surface area (Å²) in [5.41, 5.74) is 3.97. The van der Waals surface area contributed by atoms with E-state index in [9.17, 15) is 9.59 Å². The fourth-order valence-corrected chi connectivity index (χ4v) is 3.71. The van der Waals surface area contributed by atoms with Gasteiger partial charge in [-0.3, -0.25) is 4.79 Å². The van der Waals surface area contributed by atoms with Gasteiger partial charge in [-0.1, -0.05) is 24.3 Å². The van der Waals surface area contributed by atoms with Crippen LogP contribution in [-0.2, 0) is 16.0 Å². The van der Waals surface area contributed by atoms with E-state index in [0.717, 1.165) is 36.2 Å². The third-order valence-corrected chi connectivity index (χ3v) is 5.14. The Hall–Kier alpha value is -3.29. The van der Waals surface area contributed by atoms with Crippen molar-refractivity contribution >= 4 is 17.7 Å². The minimum absolute atomic E-state index is 0.0725. The largest absolute Gasteiger partial charge is 0.447 e. The van der Waals surface area contributed by atoms with E-state index in [1.165, 1.54) is 10.1 Å². The molecule has 0 saturated carbocycles. The number of nitrogens with zero attached hydrogens (tertiary/aromatic N) is 4. The monoisotopic (exact) mass is 393 g/mol. The maximum Gasteiger partial charge on any atom is 0.379 e. The van der Waals surface area contributed by atoms with E-state index >= 15 is 0 Å². The Morgan fingerprint density at radius 3 is 2.86 bits per heavy atom. The van der Waals surface area contributed by atoms with Crippen LogP contribution in [0.25, 0.3) is 5.78 Å². The second-order valence-electron chi connectivity index (χ2n) is 7.39. The van der Waals surface area contributed by atoms with Gasteiger partial charge in [0.25, 0.3) is 17.5 Å². The number of carbonyl (C=O) groups excluding carboxylic acids is 2. The van der Waals surface area contributed by atoms with E-state index in [0.29, 0.717) is 5.78 Å². The number of carbonyl (C=O) groups is 2. The molecule has 1 aliphatic carbocycles. The van der Waals surface area contributed by atoms with Gasteiger partial charge < -0.3 is 10.1 Å². The molecule has 29 heavy (non-hydrogen) atoms. The molecule has 0 aliphatic heterocycles. The van der Waals surface area contributed by atoms with Crippen LogP contribution in [0.5, 0.6) is 0 Å². The van der Waals surface area contributed by atoms with Crippen molar-refractivity contribution < 1.29 is 14.3 Å². The van der Waals surface area contributed by atoms with Gasteiger partial charge in [-0.2, -0.15) is 4.98 Å². The normalized spacial score (nSPS) is 16.9. The number of amides is 1. The fourth-order valence-electron chi connectivity index (χ4n) is 3.71. The summed E-state index contributed by atoms with van der Waals surface area (Å²) in [4.78, 5) is 33.4. The van der Waals surface area contributed by atoms with Gasteiger partial charge >= 0.3 is 5.97 Å². The fraction of sp³-hybridized carbons (Fsp3) is 0.381. The molecule has 1 N–H and O–H groups in total. The van der Waals surface area contributed by atoms with Crippen LogP contribution in [-0.4, -0.2) is 37.6 Å². The average Bonchev–Trinajstić information content (AvgIpc) is 3.13. The molecule has 8 nitrogen and oxygen atoms in total. The molecule has 0 fully saturated rings. The molecule has 0 saturated heterocycles. The molecule has 0 radical (unpaired) electrons. The van der Waals surface area contributed by atoms with Crippen molar-refractivity contribution in [2.75, 3.05) is 0 Å². The summed E-state index contributed by atoms with van der Waals surface area (Å²) in [6, 6.07) is 9.87. The Morgan fingerprint density at radius 1 is 1.24 bits per heavy atom. The number of hydrogen-bond acceptors (Lipinski definition) is 6. The van der Waals surface area contributed by atoms with E-state index in [-0.39, 0.29) is 17.8 Å². The lowest BCUT2D eigenvalue weighted by Crippen LogP contribution is -2.39. The Labute approximate surface area is 168 Å². The quantitative estimate of drug-likeness (QED) is 0.684. The summed E-state index contributed by atoms with van der Waals surface area (Å²) in [5.74, 6) is -0.882. The number of fused-ring (bicyclic) bond motifs is 2. The first-order valence-electron chi connectivity index (χ1n) is 9.72. The Balaban J connectivity index is 1.44. The molecule has 4 rings (SSSR count). The number of nitrogens with one attached hydrogen (secondary N) is 1. The highest BCUT2D eigenvalue weighted by molar-refractivity contribution is 5.89. The summed E-state index contributed by atoms with van der Waals surface area (Å²) in [7, 11) is 0. The van der Waals surface area contributed by atoms with Crippen LogP contribution in [0.3, 0.4) is 0 Å². The topological polar surface area (TPSA) is 98.5 Å². The predicted octanol–water partition coefficient (Wildman–Crippen LogP) is 2.48. The first-order valence-corrected chi connectivity index (χ1v) is 9.72. The Morgan fingerprint density at radius 2 is 2.03 bits per heavy atom. The van der Waals surface area contributed by atoms with E-state index in [1.54, 1.807) is 6.92 Å². The Kier molecular flexibility index (Phi) is 5.00. The number of benzene rings is 1. The number of ether oxygens (including phenoxy) is 1. The van der Waals surface area contributed by atoms with Crippen LogP contribution in [0.15, 0.2) is 30.3 Å². The molecule has 2 atom stereocenters. The van der Waals surface area contributed by atoms with Crippen LogP contribution >= 0.6 is 0 Å². The zero-order chi connectivity index (χ0) is 20.5. The van der Waals surface area contributed by atoms with Crippen molar-refractivity contribution in [2.24, 2.45) is 0 Å². The van der Waals surface area contributed by atoms with Crippen molar-refractivity contribution in [2.45, 2.75) is 52.2 Å². The van der Waals surface area contributed by atoms with Crippen LogP contribution < -0.4 is 5.32 Å². The summed E-state index contributed by atoms with van der Waals surface area (Å²) >= 11 is 0. The maximum absolute atomic E-state index is 12.6. The average molecular weight is 393 g/mol. The van der Waals surface area contributed by atoms with Gasteiger partial charge in [-0.05, 0) is 57.2 Å². The van der Waals surface area contributed by atoms with E-state index in [4.69, 9.17) is 4.74 Å². The number of aromatic nitrogens is 4.